The molecule has 1 N–H and O–H groups in total. The maximum atomic E-state index is 5.41. The Morgan fingerprint density at radius 3 is 2.72 bits per heavy atom. The quantitative estimate of drug-likeness (QED) is 0.828. The Morgan fingerprint density at radius 2 is 2.00 bits per heavy atom. The molecular weight excluding hydrogens is 228 g/mol. The number of ether oxygens (including phenoxy) is 2. The van der Waals surface area contributed by atoms with Gasteiger partial charge in [0.15, 0.2) is 0 Å². The molecule has 3 rings (SSSR count). The monoisotopic (exact) mass is 248 g/mol. The Balaban J connectivity index is 1.75. The van der Waals surface area contributed by atoms with E-state index in [-0.39, 0.29) is 0 Å². The number of fused-ring (bicyclic) bond motifs is 1. The Labute approximate surface area is 108 Å². The van der Waals surface area contributed by atoms with Gasteiger partial charge in [-0.15, -0.1) is 0 Å². The van der Waals surface area contributed by atoms with E-state index in [0.717, 1.165) is 19.6 Å². The van der Waals surface area contributed by atoms with Gasteiger partial charge in [-0.2, -0.15) is 0 Å². The summed E-state index contributed by atoms with van der Waals surface area (Å²) >= 11 is 0. The standard InChI is InChI=1S/C14H20N2O2/c1-17-14(18-2)9-16(10-14)12-6-5-11-4-3-7-15-13(11)8-12/h5-6,8,15H,3-4,7,9-10H2,1-2H3. The molecule has 4 heteroatoms. The minimum Gasteiger partial charge on any atom is -0.385 e. The summed E-state index contributed by atoms with van der Waals surface area (Å²) in [6.07, 6.45) is 2.41. The third-order valence-corrected chi connectivity index (χ3v) is 4.00. The number of nitrogens with zero attached hydrogens (tertiary/aromatic N) is 1. The van der Waals surface area contributed by atoms with Crippen LogP contribution in [0.2, 0.25) is 0 Å². The van der Waals surface area contributed by atoms with Crippen LogP contribution in [0.1, 0.15) is 12.0 Å². The van der Waals surface area contributed by atoms with E-state index in [1.807, 2.05) is 0 Å². The first kappa shape index (κ1) is 11.8. The van der Waals surface area contributed by atoms with Crippen molar-refractivity contribution in [2.75, 3.05) is 44.1 Å². The van der Waals surface area contributed by atoms with Crippen molar-refractivity contribution in [1.29, 1.82) is 0 Å². The van der Waals surface area contributed by atoms with E-state index in [9.17, 15) is 0 Å². The molecule has 0 amide bonds. The van der Waals surface area contributed by atoms with Gasteiger partial charge in [0, 0.05) is 32.1 Å². The summed E-state index contributed by atoms with van der Waals surface area (Å²) in [5.74, 6) is -0.413. The molecule has 0 aromatic heterocycles. The Morgan fingerprint density at radius 1 is 1.22 bits per heavy atom. The normalized spacial score (nSPS) is 20.9. The highest BCUT2D eigenvalue weighted by atomic mass is 16.7. The molecule has 0 spiro atoms. The molecule has 4 nitrogen and oxygen atoms in total. The van der Waals surface area contributed by atoms with Crippen molar-refractivity contribution in [1.82, 2.24) is 0 Å². The molecule has 0 radical (unpaired) electrons. The molecule has 0 saturated carbocycles. The van der Waals surface area contributed by atoms with Crippen molar-refractivity contribution in [3.8, 4) is 0 Å². The van der Waals surface area contributed by atoms with Crippen molar-refractivity contribution < 1.29 is 9.47 Å². The van der Waals surface area contributed by atoms with Crippen molar-refractivity contribution in [3.63, 3.8) is 0 Å². The van der Waals surface area contributed by atoms with Crippen molar-refractivity contribution in [2.24, 2.45) is 0 Å². The lowest BCUT2D eigenvalue weighted by Gasteiger charge is -2.48. The number of nitrogens with one attached hydrogen (secondary N) is 1. The number of rotatable bonds is 3. The fourth-order valence-electron chi connectivity index (χ4n) is 2.70. The second-order valence-corrected chi connectivity index (χ2v) is 5.05. The molecule has 2 aliphatic rings. The maximum Gasteiger partial charge on any atom is 0.203 e. The summed E-state index contributed by atoms with van der Waals surface area (Å²) in [6.45, 7) is 2.66. The Hall–Kier alpha value is -1.26. The number of methoxy groups -OCH3 is 2. The van der Waals surface area contributed by atoms with E-state index in [1.165, 1.54) is 29.8 Å². The van der Waals surface area contributed by atoms with Crippen molar-refractivity contribution in [2.45, 2.75) is 18.6 Å². The van der Waals surface area contributed by atoms with Crippen LogP contribution in [0, 0.1) is 0 Å². The topological polar surface area (TPSA) is 33.7 Å². The molecule has 1 aromatic rings. The van der Waals surface area contributed by atoms with E-state index < -0.39 is 5.79 Å². The molecule has 1 aromatic carbocycles. The first-order valence-corrected chi connectivity index (χ1v) is 6.48. The van der Waals surface area contributed by atoms with Gasteiger partial charge in [0.25, 0.3) is 0 Å². The van der Waals surface area contributed by atoms with E-state index in [4.69, 9.17) is 9.47 Å². The zero-order chi connectivity index (χ0) is 12.6. The molecule has 1 fully saturated rings. The minimum atomic E-state index is -0.413. The molecule has 1 saturated heterocycles. The SMILES string of the molecule is COC1(OC)CN(c2ccc3c(c2)NCCC3)C1. The number of aryl methyl sites for hydroxylation is 1. The van der Waals surface area contributed by atoms with Gasteiger partial charge in [0.05, 0.1) is 13.1 Å². The van der Waals surface area contributed by atoms with Crippen LogP contribution in [0.15, 0.2) is 18.2 Å². The summed E-state index contributed by atoms with van der Waals surface area (Å²) in [5, 5.41) is 3.47. The summed E-state index contributed by atoms with van der Waals surface area (Å²) in [5.41, 5.74) is 3.95. The highest BCUT2D eigenvalue weighted by Gasteiger charge is 2.44. The number of hydrogen-bond acceptors (Lipinski definition) is 4. The largest absolute Gasteiger partial charge is 0.385 e. The van der Waals surface area contributed by atoms with Crippen LogP contribution in [-0.2, 0) is 15.9 Å². The van der Waals surface area contributed by atoms with E-state index in [0.29, 0.717) is 0 Å². The third-order valence-electron chi connectivity index (χ3n) is 4.00. The van der Waals surface area contributed by atoms with E-state index in [2.05, 4.69) is 28.4 Å². The van der Waals surface area contributed by atoms with Gasteiger partial charge < -0.3 is 19.7 Å². The summed E-state index contributed by atoms with van der Waals surface area (Å²) in [4.78, 5) is 2.28. The molecule has 98 valence electrons. The molecule has 0 aliphatic carbocycles. The highest BCUT2D eigenvalue weighted by molar-refractivity contribution is 5.64. The first-order valence-electron chi connectivity index (χ1n) is 6.48. The first-order chi connectivity index (χ1) is 8.76. The molecule has 2 aliphatic heterocycles. The second kappa shape index (κ2) is 4.44. The smallest absolute Gasteiger partial charge is 0.203 e. The van der Waals surface area contributed by atoms with Crippen LogP contribution in [0.25, 0.3) is 0 Å². The second-order valence-electron chi connectivity index (χ2n) is 5.05. The molecule has 0 atom stereocenters. The predicted octanol–water partition coefficient (Wildman–Crippen LogP) is 1.85. The molecule has 2 heterocycles. The summed E-state index contributed by atoms with van der Waals surface area (Å²) in [7, 11) is 3.41. The maximum absolute atomic E-state index is 5.41. The van der Waals surface area contributed by atoms with Gasteiger partial charge in [0.1, 0.15) is 0 Å². The van der Waals surface area contributed by atoms with E-state index in [1.54, 1.807) is 14.2 Å². The van der Waals surface area contributed by atoms with Crippen LogP contribution in [0.3, 0.4) is 0 Å². The average Bonchev–Trinajstić information content (AvgIpc) is 2.38. The number of hydrogen-bond donors (Lipinski definition) is 1. The lowest BCUT2D eigenvalue weighted by molar-refractivity contribution is -0.219. The fourth-order valence-corrected chi connectivity index (χ4v) is 2.70. The number of benzene rings is 1. The zero-order valence-corrected chi connectivity index (χ0v) is 11.0. The van der Waals surface area contributed by atoms with Gasteiger partial charge in [0.2, 0.25) is 5.79 Å². The Kier molecular flexibility index (Phi) is 2.92. The Bertz CT molecular complexity index is 435. The van der Waals surface area contributed by atoms with Crippen LogP contribution in [0.4, 0.5) is 11.4 Å². The summed E-state index contributed by atoms with van der Waals surface area (Å²) < 4.78 is 10.8. The minimum absolute atomic E-state index is 0.413. The van der Waals surface area contributed by atoms with Crippen molar-refractivity contribution >= 4 is 11.4 Å². The van der Waals surface area contributed by atoms with Crippen LogP contribution in [-0.4, -0.2) is 39.6 Å². The fraction of sp³-hybridized carbons (Fsp3) is 0.571. The van der Waals surface area contributed by atoms with E-state index >= 15 is 0 Å². The van der Waals surface area contributed by atoms with Gasteiger partial charge in [-0.3, -0.25) is 0 Å². The van der Waals surface area contributed by atoms with Gasteiger partial charge >= 0.3 is 0 Å². The molecule has 18 heavy (non-hydrogen) atoms. The predicted molar refractivity (Wildman–Crippen MR) is 72.2 cm³/mol. The number of anilines is 2. The highest BCUT2D eigenvalue weighted by Crippen LogP contribution is 2.34. The van der Waals surface area contributed by atoms with Crippen LogP contribution in [0.5, 0.6) is 0 Å². The van der Waals surface area contributed by atoms with Gasteiger partial charge in [-0.05, 0) is 30.5 Å². The zero-order valence-electron chi connectivity index (χ0n) is 11.0. The lowest BCUT2D eigenvalue weighted by Crippen LogP contribution is -2.64. The van der Waals surface area contributed by atoms with Gasteiger partial charge in [-0.1, -0.05) is 6.07 Å². The lowest BCUT2D eigenvalue weighted by atomic mass is 10.0. The molecule has 0 bridgehead atoms. The average molecular weight is 248 g/mol. The molecule has 0 unspecified atom stereocenters. The third kappa shape index (κ3) is 1.85. The van der Waals surface area contributed by atoms with Crippen LogP contribution >= 0.6 is 0 Å². The van der Waals surface area contributed by atoms with Gasteiger partial charge in [-0.25, -0.2) is 0 Å². The van der Waals surface area contributed by atoms with Crippen molar-refractivity contribution in [3.05, 3.63) is 23.8 Å². The molecular formula is C14H20N2O2. The van der Waals surface area contributed by atoms with Crippen LogP contribution < -0.4 is 10.2 Å². The summed E-state index contributed by atoms with van der Waals surface area (Å²) in [6, 6.07) is 6.67.